The molecule has 0 saturated carbocycles. The van der Waals surface area contributed by atoms with Crippen molar-refractivity contribution >= 4 is 21.8 Å². The molecule has 0 radical (unpaired) electrons. The molecule has 5 heteroatoms. The van der Waals surface area contributed by atoms with Gasteiger partial charge in [0.1, 0.15) is 5.76 Å². The predicted molar refractivity (Wildman–Crippen MR) is 71.3 cm³/mol. The van der Waals surface area contributed by atoms with Crippen molar-refractivity contribution in [3.8, 4) is 0 Å². The summed E-state index contributed by atoms with van der Waals surface area (Å²) < 4.78 is 6.21. The molecular formula is C13H13BrN2O2. The molecule has 4 nitrogen and oxygen atoms in total. The van der Waals surface area contributed by atoms with Crippen LogP contribution in [0, 0.1) is 13.8 Å². The smallest absolute Gasteiger partial charge is 0.252 e. The summed E-state index contributed by atoms with van der Waals surface area (Å²) in [4.78, 5) is 16.0. The van der Waals surface area contributed by atoms with Crippen LogP contribution in [0.25, 0.3) is 0 Å². The van der Waals surface area contributed by atoms with Crippen molar-refractivity contribution in [2.75, 3.05) is 0 Å². The first-order chi connectivity index (χ1) is 8.58. The number of oxazole rings is 1. The first kappa shape index (κ1) is 12.8. The van der Waals surface area contributed by atoms with E-state index in [4.69, 9.17) is 4.42 Å². The van der Waals surface area contributed by atoms with E-state index in [0.717, 1.165) is 15.8 Å². The van der Waals surface area contributed by atoms with Gasteiger partial charge in [-0.1, -0.05) is 22.0 Å². The van der Waals surface area contributed by atoms with Crippen LogP contribution in [0.2, 0.25) is 0 Å². The van der Waals surface area contributed by atoms with Gasteiger partial charge >= 0.3 is 0 Å². The zero-order chi connectivity index (χ0) is 13.1. The van der Waals surface area contributed by atoms with E-state index in [1.807, 2.05) is 26.0 Å². The molecule has 0 bridgehead atoms. The van der Waals surface area contributed by atoms with Gasteiger partial charge in [0.05, 0.1) is 12.7 Å². The summed E-state index contributed by atoms with van der Waals surface area (Å²) in [5.41, 5.74) is 1.56. The highest BCUT2D eigenvalue weighted by Gasteiger charge is 2.11. The van der Waals surface area contributed by atoms with Crippen molar-refractivity contribution in [1.82, 2.24) is 10.3 Å². The first-order valence-electron chi connectivity index (χ1n) is 5.52. The second kappa shape index (κ2) is 5.35. The molecule has 0 aliphatic heterocycles. The largest absolute Gasteiger partial charge is 0.444 e. The average molecular weight is 309 g/mol. The van der Waals surface area contributed by atoms with Crippen LogP contribution in [-0.2, 0) is 6.54 Å². The van der Waals surface area contributed by atoms with Gasteiger partial charge in [-0.05, 0) is 31.5 Å². The van der Waals surface area contributed by atoms with Crippen LogP contribution in [0.5, 0.6) is 0 Å². The number of benzene rings is 1. The van der Waals surface area contributed by atoms with Crippen LogP contribution in [-0.4, -0.2) is 10.9 Å². The second-order valence-corrected chi connectivity index (χ2v) is 4.81. The van der Waals surface area contributed by atoms with Gasteiger partial charge in [0.25, 0.3) is 5.91 Å². The number of aromatic nitrogens is 1. The Bertz CT molecular complexity index is 578. The van der Waals surface area contributed by atoms with Crippen molar-refractivity contribution in [3.63, 3.8) is 0 Å². The Morgan fingerprint density at radius 2 is 2.22 bits per heavy atom. The number of nitrogens with zero attached hydrogens (tertiary/aromatic N) is 1. The minimum atomic E-state index is -0.135. The monoisotopic (exact) mass is 308 g/mol. The third-order valence-corrected chi connectivity index (χ3v) is 3.44. The lowest BCUT2D eigenvalue weighted by atomic mass is 10.1. The summed E-state index contributed by atoms with van der Waals surface area (Å²) >= 11 is 3.40. The molecular weight excluding hydrogens is 296 g/mol. The maximum Gasteiger partial charge on any atom is 0.252 e. The van der Waals surface area contributed by atoms with E-state index in [1.165, 1.54) is 0 Å². The number of amides is 1. The van der Waals surface area contributed by atoms with E-state index < -0.39 is 0 Å². The minimum Gasteiger partial charge on any atom is -0.444 e. The normalized spacial score (nSPS) is 10.4. The molecule has 1 N–H and O–H groups in total. The Morgan fingerprint density at radius 1 is 1.44 bits per heavy atom. The van der Waals surface area contributed by atoms with E-state index in [0.29, 0.717) is 18.0 Å². The summed E-state index contributed by atoms with van der Waals surface area (Å²) in [5, 5.41) is 2.78. The Morgan fingerprint density at radius 3 is 2.89 bits per heavy atom. The summed E-state index contributed by atoms with van der Waals surface area (Å²) in [7, 11) is 0. The molecule has 18 heavy (non-hydrogen) atoms. The maximum atomic E-state index is 12.0. The molecule has 0 saturated heterocycles. The van der Waals surface area contributed by atoms with E-state index in [1.54, 1.807) is 12.3 Å². The molecule has 2 aromatic rings. The van der Waals surface area contributed by atoms with Gasteiger partial charge in [0.2, 0.25) is 5.89 Å². The van der Waals surface area contributed by atoms with E-state index in [-0.39, 0.29) is 5.91 Å². The highest BCUT2D eigenvalue weighted by Crippen LogP contribution is 2.19. The molecule has 0 aliphatic carbocycles. The highest BCUT2D eigenvalue weighted by molar-refractivity contribution is 9.10. The van der Waals surface area contributed by atoms with Crippen LogP contribution < -0.4 is 5.32 Å². The topological polar surface area (TPSA) is 55.1 Å². The van der Waals surface area contributed by atoms with Crippen molar-refractivity contribution in [2.45, 2.75) is 20.4 Å². The minimum absolute atomic E-state index is 0.135. The molecule has 1 aromatic heterocycles. The van der Waals surface area contributed by atoms with Crippen LogP contribution >= 0.6 is 15.9 Å². The van der Waals surface area contributed by atoms with Gasteiger partial charge in [-0.25, -0.2) is 4.98 Å². The predicted octanol–water partition coefficient (Wildman–Crippen LogP) is 2.98. The summed E-state index contributed by atoms with van der Waals surface area (Å²) in [6.45, 7) is 4.00. The molecule has 1 amide bonds. The number of rotatable bonds is 3. The number of hydrogen-bond donors (Lipinski definition) is 1. The third kappa shape index (κ3) is 2.79. The lowest BCUT2D eigenvalue weighted by Crippen LogP contribution is -2.23. The standard InChI is InChI=1S/C13H13BrN2O2/c1-8-6-15-12(18-8)7-16-13(17)10-4-3-5-11(14)9(10)2/h3-6H,7H2,1-2H3,(H,16,17). The molecule has 1 aromatic carbocycles. The molecule has 1 heterocycles. The Kier molecular flexibility index (Phi) is 3.81. The molecule has 0 spiro atoms. The van der Waals surface area contributed by atoms with Crippen LogP contribution in [0.4, 0.5) is 0 Å². The number of halogens is 1. The van der Waals surface area contributed by atoms with Crippen LogP contribution in [0.1, 0.15) is 27.6 Å². The summed E-state index contributed by atoms with van der Waals surface area (Å²) in [6.07, 6.45) is 1.63. The average Bonchev–Trinajstić information content (AvgIpc) is 2.76. The third-order valence-electron chi connectivity index (χ3n) is 2.58. The molecule has 0 unspecified atom stereocenters. The van der Waals surface area contributed by atoms with Crippen molar-refractivity contribution in [3.05, 3.63) is 51.6 Å². The molecule has 0 aliphatic rings. The quantitative estimate of drug-likeness (QED) is 0.948. The molecule has 0 fully saturated rings. The molecule has 2 rings (SSSR count). The zero-order valence-electron chi connectivity index (χ0n) is 10.2. The van der Waals surface area contributed by atoms with Crippen molar-refractivity contribution < 1.29 is 9.21 Å². The fourth-order valence-corrected chi connectivity index (χ4v) is 1.95. The Balaban J connectivity index is 2.06. The van der Waals surface area contributed by atoms with E-state index >= 15 is 0 Å². The number of hydrogen-bond acceptors (Lipinski definition) is 3. The van der Waals surface area contributed by atoms with Gasteiger partial charge in [0, 0.05) is 10.0 Å². The zero-order valence-corrected chi connectivity index (χ0v) is 11.7. The van der Waals surface area contributed by atoms with Crippen molar-refractivity contribution in [1.29, 1.82) is 0 Å². The number of nitrogens with one attached hydrogen (secondary N) is 1. The first-order valence-corrected chi connectivity index (χ1v) is 6.32. The van der Waals surface area contributed by atoms with Gasteiger partial charge < -0.3 is 9.73 Å². The van der Waals surface area contributed by atoms with Gasteiger partial charge in [-0.2, -0.15) is 0 Å². The van der Waals surface area contributed by atoms with Crippen LogP contribution in [0.15, 0.2) is 33.3 Å². The second-order valence-electron chi connectivity index (χ2n) is 3.96. The maximum absolute atomic E-state index is 12.0. The van der Waals surface area contributed by atoms with Gasteiger partial charge in [0.15, 0.2) is 0 Å². The Hall–Kier alpha value is -1.62. The number of carbonyl (C=O) groups excluding carboxylic acids is 1. The lowest BCUT2D eigenvalue weighted by Gasteiger charge is -2.07. The summed E-state index contributed by atoms with van der Waals surface area (Å²) in [6, 6.07) is 5.53. The molecule has 0 atom stereocenters. The highest BCUT2D eigenvalue weighted by atomic mass is 79.9. The van der Waals surface area contributed by atoms with Crippen molar-refractivity contribution in [2.24, 2.45) is 0 Å². The van der Waals surface area contributed by atoms with E-state index in [9.17, 15) is 4.79 Å². The summed E-state index contributed by atoms with van der Waals surface area (Å²) in [5.74, 6) is 1.11. The Labute approximate surface area is 114 Å². The lowest BCUT2D eigenvalue weighted by molar-refractivity contribution is 0.0946. The number of carbonyl (C=O) groups is 1. The van der Waals surface area contributed by atoms with E-state index in [2.05, 4.69) is 26.2 Å². The number of aryl methyl sites for hydroxylation is 1. The van der Waals surface area contributed by atoms with Gasteiger partial charge in [-0.15, -0.1) is 0 Å². The van der Waals surface area contributed by atoms with Gasteiger partial charge in [-0.3, -0.25) is 4.79 Å². The fourth-order valence-electron chi connectivity index (χ4n) is 1.59. The fraction of sp³-hybridized carbons (Fsp3) is 0.231. The SMILES string of the molecule is Cc1cnc(CNC(=O)c2cccc(Br)c2C)o1. The molecule has 94 valence electrons. The van der Waals surface area contributed by atoms with Crippen LogP contribution in [0.3, 0.4) is 0 Å².